The molecule has 0 heterocycles. The molecule has 1 aromatic rings. The molecule has 1 aliphatic carbocycles. The van der Waals surface area contributed by atoms with Gasteiger partial charge in [-0.1, -0.05) is 59.6 Å². The summed E-state index contributed by atoms with van der Waals surface area (Å²) >= 11 is 3.48. The van der Waals surface area contributed by atoms with E-state index in [9.17, 15) is 4.79 Å². The molecular formula is C20H23BrO. The van der Waals surface area contributed by atoms with Gasteiger partial charge in [0, 0.05) is 4.47 Å². The zero-order valence-corrected chi connectivity index (χ0v) is 15.1. The molecule has 0 aliphatic heterocycles. The normalized spacial score (nSPS) is 18.4. The first kappa shape index (κ1) is 17.0. The molecule has 0 radical (unpaired) electrons. The number of rotatable bonds is 4. The van der Waals surface area contributed by atoms with Crippen LogP contribution in [0.3, 0.4) is 0 Å². The minimum Gasteiger partial charge on any atom is -0.290 e. The molecular weight excluding hydrogens is 336 g/mol. The molecule has 0 atom stereocenters. The van der Waals surface area contributed by atoms with Gasteiger partial charge in [0.05, 0.1) is 0 Å². The van der Waals surface area contributed by atoms with Crippen molar-refractivity contribution in [3.05, 3.63) is 63.7 Å². The summed E-state index contributed by atoms with van der Waals surface area (Å²) in [4.78, 5) is 12.1. The van der Waals surface area contributed by atoms with Crippen molar-refractivity contribution < 1.29 is 4.79 Å². The Labute approximate surface area is 141 Å². The average Bonchev–Trinajstić information content (AvgIpc) is 2.45. The topological polar surface area (TPSA) is 17.1 Å². The second-order valence-corrected chi connectivity index (χ2v) is 7.38. The van der Waals surface area contributed by atoms with Gasteiger partial charge in [-0.25, -0.2) is 0 Å². The highest BCUT2D eigenvalue weighted by Crippen LogP contribution is 2.40. The van der Waals surface area contributed by atoms with Crippen molar-refractivity contribution >= 4 is 27.8 Å². The lowest BCUT2D eigenvalue weighted by Crippen LogP contribution is -2.19. The van der Waals surface area contributed by atoms with Crippen molar-refractivity contribution in [1.29, 1.82) is 0 Å². The third-order valence-electron chi connectivity index (χ3n) is 4.29. The Morgan fingerprint density at radius 1 is 1.18 bits per heavy atom. The molecule has 1 nitrogen and oxygen atoms in total. The predicted octanol–water partition coefficient (Wildman–Crippen LogP) is 6.11. The van der Waals surface area contributed by atoms with Gasteiger partial charge in [-0.2, -0.15) is 0 Å². The first-order valence-corrected chi connectivity index (χ1v) is 8.54. The molecule has 0 spiro atoms. The molecule has 0 unspecified atom stereocenters. The Morgan fingerprint density at radius 3 is 2.55 bits per heavy atom. The van der Waals surface area contributed by atoms with Crippen LogP contribution in [0.4, 0.5) is 0 Å². The van der Waals surface area contributed by atoms with Crippen LogP contribution in [-0.2, 0) is 4.79 Å². The standard InChI is InChI=1S/C20H23BrO/c1-15-7-6-14-20(2,3)18(15)13-12-17(22)11-10-16-8-4-5-9-19(16)21/h4-5,8-13H,6-7,14H2,1-3H3/b11-10+,13-12+. The zero-order chi connectivity index (χ0) is 16.2. The summed E-state index contributed by atoms with van der Waals surface area (Å²) in [6.45, 7) is 6.70. The summed E-state index contributed by atoms with van der Waals surface area (Å²) in [5.41, 5.74) is 3.92. The van der Waals surface area contributed by atoms with Crippen LogP contribution in [0.1, 0.15) is 45.6 Å². The molecule has 0 aromatic heterocycles. The predicted molar refractivity (Wildman–Crippen MR) is 97.7 cm³/mol. The Bertz CT molecular complexity index is 647. The van der Waals surface area contributed by atoms with Crippen molar-refractivity contribution in [2.24, 2.45) is 5.41 Å². The second kappa shape index (κ2) is 7.23. The Balaban J connectivity index is 2.10. The number of hydrogen-bond donors (Lipinski definition) is 0. The van der Waals surface area contributed by atoms with Gasteiger partial charge in [0.25, 0.3) is 0 Å². The quantitative estimate of drug-likeness (QED) is 0.593. The third-order valence-corrected chi connectivity index (χ3v) is 5.01. The Morgan fingerprint density at radius 2 is 1.86 bits per heavy atom. The smallest absolute Gasteiger partial charge is 0.178 e. The van der Waals surface area contributed by atoms with E-state index in [0.29, 0.717) is 0 Å². The molecule has 0 amide bonds. The average molecular weight is 359 g/mol. The van der Waals surface area contributed by atoms with Crippen molar-refractivity contribution in [3.63, 3.8) is 0 Å². The van der Waals surface area contributed by atoms with E-state index in [4.69, 9.17) is 0 Å². The number of allylic oxidation sites excluding steroid dienone is 5. The molecule has 0 saturated carbocycles. The molecule has 22 heavy (non-hydrogen) atoms. The van der Waals surface area contributed by atoms with E-state index in [2.05, 4.69) is 36.7 Å². The molecule has 2 heteroatoms. The number of benzene rings is 1. The van der Waals surface area contributed by atoms with Crippen molar-refractivity contribution in [3.8, 4) is 0 Å². The number of carbonyl (C=O) groups excluding carboxylic acids is 1. The van der Waals surface area contributed by atoms with Gasteiger partial charge in [-0.15, -0.1) is 0 Å². The molecule has 1 aliphatic rings. The summed E-state index contributed by atoms with van der Waals surface area (Å²) in [5.74, 6) is 0.0254. The summed E-state index contributed by atoms with van der Waals surface area (Å²) in [5, 5.41) is 0. The number of hydrogen-bond acceptors (Lipinski definition) is 1. The van der Waals surface area contributed by atoms with Crippen LogP contribution in [0, 0.1) is 5.41 Å². The van der Waals surface area contributed by atoms with Gasteiger partial charge in [0.15, 0.2) is 5.78 Å². The Hall–Kier alpha value is -1.41. The SMILES string of the molecule is CC1=C(/C=C/C(=O)/C=C/c2ccccc2Br)C(C)(C)CCC1. The Kier molecular flexibility index (Phi) is 5.57. The van der Waals surface area contributed by atoms with E-state index in [1.54, 1.807) is 12.2 Å². The first-order valence-electron chi connectivity index (χ1n) is 7.75. The number of carbonyl (C=O) groups is 1. The van der Waals surface area contributed by atoms with Crippen LogP contribution in [0.5, 0.6) is 0 Å². The van der Waals surface area contributed by atoms with Gasteiger partial charge >= 0.3 is 0 Å². The maximum Gasteiger partial charge on any atom is 0.178 e. The summed E-state index contributed by atoms with van der Waals surface area (Å²) in [7, 11) is 0. The molecule has 1 aromatic carbocycles. The van der Waals surface area contributed by atoms with E-state index in [1.807, 2.05) is 36.4 Å². The van der Waals surface area contributed by atoms with Gasteiger partial charge in [0.2, 0.25) is 0 Å². The highest BCUT2D eigenvalue weighted by molar-refractivity contribution is 9.10. The second-order valence-electron chi connectivity index (χ2n) is 6.52. The zero-order valence-electron chi connectivity index (χ0n) is 13.5. The molecule has 0 N–H and O–H groups in total. The minimum absolute atomic E-state index is 0.0254. The fourth-order valence-corrected chi connectivity index (χ4v) is 3.43. The summed E-state index contributed by atoms with van der Waals surface area (Å²) in [6, 6.07) is 7.88. The molecule has 0 bridgehead atoms. The highest BCUT2D eigenvalue weighted by atomic mass is 79.9. The van der Waals surface area contributed by atoms with E-state index in [1.165, 1.54) is 24.0 Å². The molecule has 2 rings (SSSR count). The lowest BCUT2D eigenvalue weighted by molar-refractivity contribution is -0.110. The highest BCUT2D eigenvalue weighted by Gasteiger charge is 2.26. The minimum atomic E-state index is 0.0254. The third kappa shape index (κ3) is 4.30. The van der Waals surface area contributed by atoms with Gasteiger partial charge in [-0.05, 0) is 67.0 Å². The lowest BCUT2D eigenvalue weighted by Gasteiger charge is -2.32. The van der Waals surface area contributed by atoms with E-state index in [0.717, 1.165) is 16.5 Å². The molecule has 116 valence electrons. The largest absolute Gasteiger partial charge is 0.290 e. The fraction of sp³-hybridized carbons (Fsp3) is 0.350. The van der Waals surface area contributed by atoms with E-state index < -0.39 is 0 Å². The van der Waals surface area contributed by atoms with Gasteiger partial charge in [-0.3, -0.25) is 4.79 Å². The maximum atomic E-state index is 12.1. The van der Waals surface area contributed by atoms with Crippen molar-refractivity contribution in [2.75, 3.05) is 0 Å². The summed E-state index contributed by atoms with van der Waals surface area (Å²) in [6.07, 6.45) is 10.8. The molecule has 0 fully saturated rings. The van der Waals surface area contributed by atoms with Crippen LogP contribution >= 0.6 is 15.9 Å². The maximum absolute atomic E-state index is 12.1. The van der Waals surface area contributed by atoms with Crippen molar-refractivity contribution in [1.82, 2.24) is 0 Å². The monoisotopic (exact) mass is 358 g/mol. The fourth-order valence-electron chi connectivity index (χ4n) is 3.01. The van der Waals surface area contributed by atoms with Gasteiger partial charge < -0.3 is 0 Å². The van der Waals surface area contributed by atoms with Gasteiger partial charge in [0.1, 0.15) is 0 Å². The van der Waals surface area contributed by atoms with Crippen LogP contribution in [0.25, 0.3) is 6.08 Å². The van der Waals surface area contributed by atoms with Crippen LogP contribution in [-0.4, -0.2) is 5.78 Å². The lowest BCUT2D eigenvalue weighted by atomic mass is 9.72. The molecule has 0 saturated heterocycles. The van der Waals surface area contributed by atoms with E-state index in [-0.39, 0.29) is 11.2 Å². The first-order chi connectivity index (χ1) is 10.4. The van der Waals surface area contributed by atoms with Crippen LogP contribution < -0.4 is 0 Å². The van der Waals surface area contributed by atoms with Crippen molar-refractivity contribution in [2.45, 2.75) is 40.0 Å². The number of halogens is 1. The van der Waals surface area contributed by atoms with Crippen LogP contribution in [0.15, 0.2) is 58.1 Å². The number of ketones is 1. The van der Waals surface area contributed by atoms with Crippen LogP contribution in [0.2, 0.25) is 0 Å². The summed E-state index contributed by atoms with van der Waals surface area (Å²) < 4.78 is 0.995. The van der Waals surface area contributed by atoms with E-state index >= 15 is 0 Å².